The van der Waals surface area contributed by atoms with E-state index in [0.717, 1.165) is 59.4 Å². The lowest BCUT2D eigenvalue weighted by atomic mass is 10.0. The predicted octanol–water partition coefficient (Wildman–Crippen LogP) is 5.31. The van der Waals surface area contributed by atoms with Gasteiger partial charge in [-0.3, -0.25) is 0 Å². The van der Waals surface area contributed by atoms with Gasteiger partial charge in [-0.05, 0) is 62.8 Å². The highest BCUT2D eigenvalue weighted by molar-refractivity contribution is 6.12. The number of pyridine rings is 1. The van der Waals surface area contributed by atoms with Gasteiger partial charge < -0.3 is 9.80 Å². The van der Waals surface area contributed by atoms with Crippen LogP contribution in [0.4, 0.5) is 11.5 Å². The van der Waals surface area contributed by atoms with Gasteiger partial charge >= 0.3 is 0 Å². The average molecular weight is 398 g/mol. The molecule has 0 aliphatic carbocycles. The zero-order chi connectivity index (χ0) is 19.9. The molecule has 2 aliphatic rings. The Hall–Kier alpha value is -2.95. The molecule has 152 valence electrons. The molecule has 2 saturated heterocycles. The molecule has 0 radical (unpaired) electrons. The van der Waals surface area contributed by atoms with Crippen LogP contribution in [0.5, 0.6) is 0 Å². The number of rotatable bonds is 2. The first-order valence-electron chi connectivity index (χ1n) is 11.4. The molecule has 2 aliphatic heterocycles. The van der Waals surface area contributed by atoms with Gasteiger partial charge in [0.05, 0.1) is 22.1 Å². The van der Waals surface area contributed by atoms with Crippen LogP contribution in [0.15, 0.2) is 42.6 Å². The predicted molar refractivity (Wildman–Crippen MR) is 124 cm³/mol. The summed E-state index contributed by atoms with van der Waals surface area (Å²) in [6, 6.07) is 12.7. The number of hydrogen-bond acceptors (Lipinski definition) is 5. The monoisotopic (exact) mass is 397 g/mol. The third-order valence-corrected chi connectivity index (χ3v) is 6.67. The highest BCUT2D eigenvalue weighted by Gasteiger charge is 2.20. The van der Waals surface area contributed by atoms with Crippen molar-refractivity contribution >= 4 is 44.3 Å². The van der Waals surface area contributed by atoms with E-state index in [0.29, 0.717) is 0 Å². The maximum Gasteiger partial charge on any atom is 0.129 e. The SMILES string of the molecule is c1ccc2nc3c(cc(N4CCCCC4)c4cc(N5CCCCC5)ncc43)nc2c1. The van der Waals surface area contributed by atoms with E-state index in [1.54, 1.807) is 0 Å². The standard InChI is InChI=1S/C25H27N5/c1-5-11-29(12-6-1)23-16-22-25(28-21-10-4-3-9-20(21)27-22)19-17-26-24(15-18(19)23)30-13-7-2-8-14-30/h3-4,9-10,15-17H,1-2,5-8,11-14H2. The summed E-state index contributed by atoms with van der Waals surface area (Å²) in [5, 5.41) is 2.39. The Morgan fingerprint density at radius 1 is 0.633 bits per heavy atom. The Bertz CT molecular complexity index is 1220. The summed E-state index contributed by atoms with van der Waals surface area (Å²) in [6.07, 6.45) is 9.73. The van der Waals surface area contributed by atoms with Crippen LogP contribution < -0.4 is 9.80 Å². The molecule has 0 saturated carbocycles. The first kappa shape index (κ1) is 17.9. The number of nitrogens with zero attached hydrogens (tertiary/aromatic N) is 5. The molecule has 5 heteroatoms. The number of piperidine rings is 2. The van der Waals surface area contributed by atoms with Crippen molar-refractivity contribution in [2.75, 3.05) is 36.0 Å². The summed E-state index contributed by atoms with van der Waals surface area (Å²) >= 11 is 0. The number of para-hydroxylation sites is 2. The van der Waals surface area contributed by atoms with Gasteiger partial charge in [-0.1, -0.05) is 12.1 Å². The number of benzene rings is 2. The van der Waals surface area contributed by atoms with E-state index in [1.165, 1.54) is 49.6 Å². The second kappa shape index (κ2) is 7.38. The van der Waals surface area contributed by atoms with Crippen LogP contribution >= 0.6 is 0 Å². The minimum atomic E-state index is 0.942. The zero-order valence-corrected chi connectivity index (χ0v) is 17.3. The summed E-state index contributed by atoms with van der Waals surface area (Å²) in [6.45, 7) is 4.44. The molecule has 30 heavy (non-hydrogen) atoms. The zero-order valence-electron chi connectivity index (χ0n) is 17.3. The Labute approximate surface area is 176 Å². The third-order valence-electron chi connectivity index (χ3n) is 6.67. The van der Waals surface area contributed by atoms with E-state index >= 15 is 0 Å². The first-order valence-corrected chi connectivity index (χ1v) is 11.4. The summed E-state index contributed by atoms with van der Waals surface area (Å²) in [4.78, 5) is 19.8. The van der Waals surface area contributed by atoms with Gasteiger partial charge in [0, 0.05) is 48.8 Å². The molecular formula is C25H27N5. The molecule has 6 rings (SSSR count). The van der Waals surface area contributed by atoms with Gasteiger partial charge in [0.1, 0.15) is 5.82 Å². The summed E-state index contributed by atoms with van der Waals surface area (Å²) in [5.74, 6) is 1.11. The van der Waals surface area contributed by atoms with E-state index in [4.69, 9.17) is 15.0 Å². The molecule has 0 atom stereocenters. The van der Waals surface area contributed by atoms with Crippen molar-refractivity contribution in [2.24, 2.45) is 0 Å². The van der Waals surface area contributed by atoms with Crippen LogP contribution in [0.2, 0.25) is 0 Å². The van der Waals surface area contributed by atoms with Crippen LogP contribution in [0.25, 0.3) is 32.8 Å². The molecule has 0 unspecified atom stereocenters. The quantitative estimate of drug-likeness (QED) is 0.339. The van der Waals surface area contributed by atoms with Gasteiger partial charge in [-0.15, -0.1) is 0 Å². The van der Waals surface area contributed by atoms with Gasteiger partial charge in [0.2, 0.25) is 0 Å². The van der Waals surface area contributed by atoms with Crippen LogP contribution in [0, 0.1) is 0 Å². The van der Waals surface area contributed by atoms with Crippen molar-refractivity contribution in [1.82, 2.24) is 15.0 Å². The average Bonchev–Trinajstić information content (AvgIpc) is 2.83. The van der Waals surface area contributed by atoms with Crippen LogP contribution in [0.3, 0.4) is 0 Å². The van der Waals surface area contributed by atoms with E-state index in [1.807, 2.05) is 30.5 Å². The number of anilines is 2. The molecule has 4 heterocycles. The normalized spacial score (nSPS) is 17.9. The van der Waals surface area contributed by atoms with Gasteiger partial charge in [0.25, 0.3) is 0 Å². The van der Waals surface area contributed by atoms with Crippen molar-refractivity contribution in [2.45, 2.75) is 38.5 Å². The Kier molecular flexibility index (Phi) is 4.40. The van der Waals surface area contributed by atoms with Crippen molar-refractivity contribution < 1.29 is 0 Å². The van der Waals surface area contributed by atoms with Gasteiger partial charge in [-0.25, -0.2) is 15.0 Å². The molecule has 4 aromatic rings. The molecular weight excluding hydrogens is 370 g/mol. The van der Waals surface area contributed by atoms with Crippen LogP contribution in [0.1, 0.15) is 38.5 Å². The number of fused-ring (bicyclic) bond motifs is 4. The van der Waals surface area contributed by atoms with Crippen LogP contribution in [-0.2, 0) is 0 Å². The fourth-order valence-corrected chi connectivity index (χ4v) is 5.06. The van der Waals surface area contributed by atoms with Gasteiger partial charge in [0.15, 0.2) is 0 Å². The second-order valence-corrected chi connectivity index (χ2v) is 8.66. The third kappa shape index (κ3) is 3.04. The van der Waals surface area contributed by atoms with Crippen molar-refractivity contribution in [3.05, 3.63) is 42.6 Å². The molecule has 5 nitrogen and oxygen atoms in total. The molecule has 0 amide bonds. The minimum Gasteiger partial charge on any atom is -0.371 e. The summed E-state index contributed by atoms with van der Waals surface area (Å²) < 4.78 is 0. The number of hydrogen-bond donors (Lipinski definition) is 0. The maximum atomic E-state index is 5.00. The van der Waals surface area contributed by atoms with E-state index in [2.05, 4.69) is 21.9 Å². The largest absolute Gasteiger partial charge is 0.371 e. The highest BCUT2D eigenvalue weighted by Crippen LogP contribution is 2.36. The lowest BCUT2D eigenvalue weighted by Crippen LogP contribution is -2.31. The fraction of sp³-hybridized carbons (Fsp3) is 0.400. The lowest BCUT2D eigenvalue weighted by molar-refractivity contribution is 0.573. The Morgan fingerprint density at radius 3 is 2.03 bits per heavy atom. The van der Waals surface area contributed by atoms with Crippen molar-refractivity contribution in [3.63, 3.8) is 0 Å². The van der Waals surface area contributed by atoms with Crippen LogP contribution in [-0.4, -0.2) is 41.1 Å². The maximum absolute atomic E-state index is 5.00. The molecule has 0 N–H and O–H groups in total. The molecule has 2 aromatic carbocycles. The van der Waals surface area contributed by atoms with Gasteiger partial charge in [-0.2, -0.15) is 0 Å². The van der Waals surface area contributed by atoms with E-state index < -0.39 is 0 Å². The Balaban J connectivity index is 1.60. The second-order valence-electron chi connectivity index (χ2n) is 8.66. The summed E-state index contributed by atoms with van der Waals surface area (Å²) in [7, 11) is 0. The highest BCUT2D eigenvalue weighted by atomic mass is 15.2. The van der Waals surface area contributed by atoms with Crippen molar-refractivity contribution in [1.29, 1.82) is 0 Å². The first-order chi connectivity index (χ1) is 14.9. The molecule has 2 aromatic heterocycles. The summed E-state index contributed by atoms with van der Waals surface area (Å²) in [5.41, 5.74) is 5.11. The molecule has 0 spiro atoms. The van der Waals surface area contributed by atoms with Crippen molar-refractivity contribution in [3.8, 4) is 0 Å². The Morgan fingerprint density at radius 2 is 1.30 bits per heavy atom. The topological polar surface area (TPSA) is 45.2 Å². The molecule has 0 bridgehead atoms. The fourth-order valence-electron chi connectivity index (χ4n) is 5.06. The van der Waals surface area contributed by atoms with E-state index in [-0.39, 0.29) is 0 Å². The lowest BCUT2D eigenvalue weighted by Gasteiger charge is -2.31. The number of aromatic nitrogens is 3. The smallest absolute Gasteiger partial charge is 0.129 e. The van der Waals surface area contributed by atoms with E-state index in [9.17, 15) is 0 Å². The molecule has 2 fully saturated rings. The minimum absolute atomic E-state index is 0.942.